The molecule has 1 N–H and O–H groups in total. The fraction of sp³-hybridized carbons (Fsp3) is 0.235. The minimum atomic E-state index is -0.450. The molecule has 1 aromatic heterocycles. The lowest BCUT2D eigenvalue weighted by Gasteiger charge is -2.28. The monoisotopic (exact) mass is 299 g/mol. The average molecular weight is 299 g/mol. The van der Waals surface area contributed by atoms with Gasteiger partial charge in [-0.15, -0.1) is 0 Å². The van der Waals surface area contributed by atoms with Crippen LogP contribution in [0, 0.1) is 0 Å². The number of rotatable bonds is 3. The number of aromatic hydroxyl groups is 1. The molecule has 5 heteroatoms. The molecule has 22 heavy (non-hydrogen) atoms. The van der Waals surface area contributed by atoms with Crippen molar-refractivity contribution in [2.45, 2.75) is 0 Å². The van der Waals surface area contributed by atoms with Gasteiger partial charge < -0.3 is 19.2 Å². The highest BCUT2D eigenvalue weighted by molar-refractivity contribution is 5.70. The Hall–Kier alpha value is -2.53. The lowest BCUT2D eigenvalue weighted by atomic mass is 10.1. The Balaban J connectivity index is 1.74. The van der Waals surface area contributed by atoms with E-state index in [1.165, 1.54) is 12.3 Å². The molecule has 2 heterocycles. The molecule has 1 aromatic carbocycles. The summed E-state index contributed by atoms with van der Waals surface area (Å²) in [5.41, 5.74) is 1.67. The van der Waals surface area contributed by atoms with Crippen molar-refractivity contribution in [3.05, 3.63) is 58.1 Å². The Morgan fingerprint density at radius 2 is 1.77 bits per heavy atom. The first kappa shape index (κ1) is 14.4. The number of morpholine rings is 1. The highest BCUT2D eigenvalue weighted by Gasteiger charge is 2.10. The quantitative estimate of drug-likeness (QED) is 0.942. The van der Waals surface area contributed by atoms with Crippen molar-refractivity contribution < 1.29 is 14.3 Å². The maximum absolute atomic E-state index is 11.3. The van der Waals surface area contributed by atoms with E-state index in [-0.39, 0.29) is 11.5 Å². The normalized spacial score (nSPS) is 15.4. The van der Waals surface area contributed by atoms with E-state index in [2.05, 4.69) is 4.90 Å². The summed E-state index contributed by atoms with van der Waals surface area (Å²) in [6.07, 6.45) is 4.64. The molecule has 2 aromatic rings. The van der Waals surface area contributed by atoms with Gasteiger partial charge in [-0.3, -0.25) is 4.79 Å². The number of anilines is 1. The Labute approximate surface area is 128 Å². The Morgan fingerprint density at radius 3 is 2.50 bits per heavy atom. The smallest absolute Gasteiger partial charge is 0.227 e. The van der Waals surface area contributed by atoms with Crippen molar-refractivity contribution >= 4 is 17.8 Å². The molecule has 0 amide bonds. The van der Waals surface area contributed by atoms with E-state index < -0.39 is 5.43 Å². The third kappa shape index (κ3) is 3.20. The lowest BCUT2D eigenvalue weighted by molar-refractivity contribution is 0.122. The molecule has 0 spiro atoms. The molecule has 3 rings (SSSR count). The second-order valence-corrected chi connectivity index (χ2v) is 5.02. The molecule has 1 aliphatic rings. The van der Waals surface area contributed by atoms with Crippen LogP contribution in [0.15, 0.2) is 45.8 Å². The maximum atomic E-state index is 11.3. The molecule has 0 radical (unpaired) electrons. The van der Waals surface area contributed by atoms with Gasteiger partial charge in [0.05, 0.1) is 19.5 Å². The van der Waals surface area contributed by atoms with E-state index in [0.717, 1.165) is 37.6 Å². The molecule has 114 valence electrons. The first-order chi connectivity index (χ1) is 10.7. The Morgan fingerprint density at radius 1 is 1.05 bits per heavy atom. The van der Waals surface area contributed by atoms with Gasteiger partial charge >= 0.3 is 0 Å². The molecule has 0 bridgehead atoms. The molecular weight excluding hydrogens is 282 g/mol. The summed E-state index contributed by atoms with van der Waals surface area (Å²) in [6.45, 7) is 3.32. The third-order valence-electron chi connectivity index (χ3n) is 3.58. The first-order valence-corrected chi connectivity index (χ1v) is 7.16. The van der Waals surface area contributed by atoms with Gasteiger partial charge in [0.2, 0.25) is 11.2 Å². The van der Waals surface area contributed by atoms with Crippen molar-refractivity contribution in [3.8, 4) is 5.75 Å². The van der Waals surface area contributed by atoms with Gasteiger partial charge in [0, 0.05) is 24.8 Å². The summed E-state index contributed by atoms with van der Waals surface area (Å²) < 4.78 is 10.5. The van der Waals surface area contributed by atoms with Gasteiger partial charge in [-0.25, -0.2) is 0 Å². The largest absolute Gasteiger partial charge is 0.502 e. The van der Waals surface area contributed by atoms with Crippen LogP contribution >= 0.6 is 0 Å². The number of ether oxygens (including phenoxy) is 1. The zero-order valence-electron chi connectivity index (χ0n) is 12.1. The minimum Gasteiger partial charge on any atom is -0.502 e. The summed E-state index contributed by atoms with van der Waals surface area (Å²) in [6, 6.07) is 9.25. The SMILES string of the molecule is O=c1ccoc(/C=C/c2ccc(N3CCOCC3)cc2)c1O. The number of benzene rings is 1. The second kappa shape index (κ2) is 6.49. The van der Waals surface area contributed by atoms with Crippen LogP contribution in [0.2, 0.25) is 0 Å². The Kier molecular flexibility index (Phi) is 4.25. The van der Waals surface area contributed by atoms with Crippen LogP contribution in [-0.4, -0.2) is 31.4 Å². The van der Waals surface area contributed by atoms with Crippen LogP contribution in [0.1, 0.15) is 11.3 Å². The number of nitrogens with zero attached hydrogens (tertiary/aromatic N) is 1. The van der Waals surface area contributed by atoms with Crippen LogP contribution in [0.4, 0.5) is 5.69 Å². The summed E-state index contributed by atoms with van der Waals surface area (Å²) in [5, 5.41) is 9.61. The maximum Gasteiger partial charge on any atom is 0.227 e. The molecule has 0 atom stereocenters. The third-order valence-corrected chi connectivity index (χ3v) is 3.58. The van der Waals surface area contributed by atoms with Gasteiger partial charge in [0.15, 0.2) is 5.76 Å². The first-order valence-electron chi connectivity index (χ1n) is 7.16. The van der Waals surface area contributed by atoms with Gasteiger partial charge in [0.25, 0.3) is 0 Å². The molecule has 0 unspecified atom stereocenters. The lowest BCUT2D eigenvalue weighted by Crippen LogP contribution is -2.36. The van der Waals surface area contributed by atoms with Crippen molar-refractivity contribution in [1.29, 1.82) is 0 Å². The van der Waals surface area contributed by atoms with Gasteiger partial charge in [-0.1, -0.05) is 18.2 Å². The van der Waals surface area contributed by atoms with Crippen LogP contribution in [0.25, 0.3) is 12.2 Å². The second-order valence-electron chi connectivity index (χ2n) is 5.02. The molecule has 0 aliphatic carbocycles. The van der Waals surface area contributed by atoms with E-state index in [9.17, 15) is 9.90 Å². The van der Waals surface area contributed by atoms with Gasteiger partial charge in [-0.05, 0) is 23.8 Å². The average Bonchev–Trinajstić information content (AvgIpc) is 2.57. The highest BCUT2D eigenvalue weighted by atomic mass is 16.5. The summed E-state index contributed by atoms with van der Waals surface area (Å²) in [4.78, 5) is 13.6. The topological polar surface area (TPSA) is 62.9 Å². The van der Waals surface area contributed by atoms with E-state index in [4.69, 9.17) is 9.15 Å². The molecule has 1 fully saturated rings. The summed E-state index contributed by atoms with van der Waals surface area (Å²) >= 11 is 0. The molecule has 1 aliphatic heterocycles. The standard InChI is InChI=1S/C17H17NO4/c19-15-7-10-22-16(17(15)20)6-3-13-1-4-14(5-2-13)18-8-11-21-12-9-18/h1-7,10,20H,8-9,11-12H2/b6-3+. The van der Waals surface area contributed by atoms with Gasteiger partial charge in [0.1, 0.15) is 0 Å². The van der Waals surface area contributed by atoms with Crippen molar-refractivity contribution in [2.75, 3.05) is 31.2 Å². The molecule has 5 nitrogen and oxygen atoms in total. The predicted octanol–water partition coefficient (Wildman–Crippen LogP) is 2.35. The van der Waals surface area contributed by atoms with Crippen molar-refractivity contribution in [3.63, 3.8) is 0 Å². The number of hydrogen-bond acceptors (Lipinski definition) is 5. The minimum absolute atomic E-state index is 0.157. The van der Waals surface area contributed by atoms with E-state index in [0.29, 0.717) is 0 Å². The van der Waals surface area contributed by atoms with E-state index in [1.54, 1.807) is 12.2 Å². The van der Waals surface area contributed by atoms with Crippen molar-refractivity contribution in [1.82, 2.24) is 0 Å². The summed E-state index contributed by atoms with van der Waals surface area (Å²) in [5.74, 6) is -0.214. The Bertz CT molecular complexity index is 712. The highest BCUT2D eigenvalue weighted by Crippen LogP contribution is 2.19. The van der Waals surface area contributed by atoms with Crippen LogP contribution in [-0.2, 0) is 4.74 Å². The fourth-order valence-corrected chi connectivity index (χ4v) is 2.33. The summed E-state index contributed by atoms with van der Waals surface area (Å²) in [7, 11) is 0. The number of hydrogen-bond donors (Lipinski definition) is 1. The molecular formula is C17H17NO4. The zero-order valence-corrected chi connectivity index (χ0v) is 12.1. The molecule has 1 saturated heterocycles. The predicted molar refractivity (Wildman–Crippen MR) is 85.0 cm³/mol. The van der Waals surface area contributed by atoms with E-state index in [1.807, 2.05) is 24.3 Å². The fourth-order valence-electron chi connectivity index (χ4n) is 2.33. The van der Waals surface area contributed by atoms with Gasteiger partial charge in [-0.2, -0.15) is 0 Å². The zero-order chi connectivity index (χ0) is 15.4. The van der Waals surface area contributed by atoms with E-state index >= 15 is 0 Å². The molecule has 0 saturated carbocycles. The van der Waals surface area contributed by atoms with Crippen LogP contribution < -0.4 is 10.3 Å². The van der Waals surface area contributed by atoms with Crippen LogP contribution in [0.3, 0.4) is 0 Å². The van der Waals surface area contributed by atoms with Crippen LogP contribution in [0.5, 0.6) is 5.75 Å². The van der Waals surface area contributed by atoms with Crippen molar-refractivity contribution in [2.24, 2.45) is 0 Å².